The molecule has 0 saturated heterocycles. The summed E-state index contributed by atoms with van der Waals surface area (Å²) < 4.78 is 5.43. The van der Waals surface area contributed by atoms with Gasteiger partial charge in [-0.05, 0) is 42.8 Å². The number of hydroxylamine groups is 1. The maximum atomic E-state index is 11.8. The van der Waals surface area contributed by atoms with Crippen molar-refractivity contribution in [2.24, 2.45) is 0 Å². The van der Waals surface area contributed by atoms with Crippen LogP contribution in [0, 0.1) is 6.92 Å². The Bertz CT molecular complexity index is 581. The molecule has 0 radical (unpaired) electrons. The quantitative estimate of drug-likeness (QED) is 0.657. The number of ether oxygens (including phenoxy) is 1. The number of benzene rings is 2. The van der Waals surface area contributed by atoms with E-state index in [1.54, 1.807) is 18.2 Å². The van der Waals surface area contributed by atoms with Gasteiger partial charge in [0, 0.05) is 10.6 Å². The van der Waals surface area contributed by atoms with Gasteiger partial charge in [-0.25, -0.2) is 5.48 Å². The van der Waals surface area contributed by atoms with Gasteiger partial charge in [-0.1, -0.05) is 29.8 Å². The third-order valence-electron chi connectivity index (χ3n) is 2.67. The first-order chi connectivity index (χ1) is 10.1. The highest BCUT2D eigenvalue weighted by Crippen LogP contribution is 2.14. The van der Waals surface area contributed by atoms with Crippen LogP contribution >= 0.6 is 11.6 Å². The zero-order valence-electron chi connectivity index (χ0n) is 11.6. The van der Waals surface area contributed by atoms with Crippen LogP contribution in [0.2, 0.25) is 5.02 Å². The maximum Gasteiger partial charge on any atom is 0.274 e. The molecule has 110 valence electrons. The van der Waals surface area contributed by atoms with Crippen LogP contribution < -0.4 is 10.2 Å². The van der Waals surface area contributed by atoms with Gasteiger partial charge in [0.15, 0.2) is 0 Å². The van der Waals surface area contributed by atoms with Gasteiger partial charge in [-0.15, -0.1) is 0 Å². The Labute approximate surface area is 128 Å². The van der Waals surface area contributed by atoms with Gasteiger partial charge in [0.2, 0.25) is 0 Å². The molecule has 0 saturated carbocycles. The van der Waals surface area contributed by atoms with Gasteiger partial charge in [0.25, 0.3) is 5.91 Å². The molecular weight excluding hydrogens is 290 g/mol. The Morgan fingerprint density at radius 1 is 1.14 bits per heavy atom. The Hall–Kier alpha value is -2.04. The summed E-state index contributed by atoms with van der Waals surface area (Å²) in [5, 5.41) is 0.521. The number of rotatable bonds is 6. The number of carbonyl (C=O) groups is 1. The zero-order chi connectivity index (χ0) is 15.1. The fourth-order valence-corrected chi connectivity index (χ4v) is 2.05. The minimum atomic E-state index is -0.333. The highest BCUT2D eigenvalue weighted by molar-refractivity contribution is 6.31. The van der Waals surface area contributed by atoms with Crippen LogP contribution in [0.5, 0.6) is 5.75 Å². The predicted molar refractivity (Wildman–Crippen MR) is 81.5 cm³/mol. The number of halogens is 1. The van der Waals surface area contributed by atoms with Crippen LogP contribution in [0.4, 0.5) is 0 Å². The van der Waals surface area contributed by atoms with E-state index in [0.717, 1.165) is 11.3 Å². The Morgan fingerprint density at radius 2 is 1.90 bits per heavy atom. The highest BCUT2D eigenvalue weighted by Gasteiger charge is 2.07. The molecule has 1 N–H and O–H groups in total. The molecule has 2 rings (SSSR count). The summed E-state index contributed by atoms with van der Waals surface area (Å²) in [6.45, 7) is 2.47. The summed E-state index contributed by atoms with van der Waals surface area (Å²) in [6.07, 6.45) is 0. The van der Waals surface area contributed by atoms with Crippen molar-refractivity contribution in [3.8, 4) is 5.75 Å². The Balaban J connectivity index is 1.72. The normalized spacial score (nSPS) is 10.2. The first kappa shape index (κ1) is 15.4. The third-order valence-corrected chi connectivity index (χ3v) is 2.88. The number of carbonyl (C=O) groups excluding carboxylic acids is 1. The largest absolute Gasteiger partial charge is 0.491 e. The summed E-state index contributed by atoms with van der Waals surface area (Å²) in [5.74, 6) is 0.429. The Morgan fingerprint density at radius 3 is 2.62 bits per heavy atom. The van der Waals surface area contributed by atoms with Crippen LogP contribution in [0.3, 0.4) is 0 Å². The van der Waals surface area contributed by atoms with Crippen molar-refractivity contribution in [2.75, 3.05) is 13.2 Å². The standard InChI is InChI=1S/C16H16ClNO3/c1-12-9-13(11-14(17)10-12)16(19)18-21-8-7-20-15-5-3-2-4-6-15/h2-6,9-11H,7-8H2,1H3,(H,18,19). The first-order valence-corrected chi connectivity index (χ1v) is 6.90. The summed E-state index contributed by atoms with van der Waals surface area (Å²) in [5.41, 5.74) is 3.74. The second-order valence-corrected chi connectivity index (χ2v) is 4.89. The molecule has 21 heavy (non-hydrogen) atoms. The monoisotopic (exact) mass is 305 g/mol. The second kappa shape index (κ2) is 7.67. The minimum Gasteiger partial charge on any atom is -0.491 e. The van der Waals surface area contributed by atoms with Crippen molar-refractivity contribution in [1.82, 2.24) is 5.48 Å². The maximum absolute atomic E-state index is 11.8. The molecule has 4 nitrogen and oxygen atoms in total. The number of nitrogens with one attached hydrogen (secondary N) is 1. The van der Waals surface area contributed by atoms with E-state index in [-0.39, 0.29) is 12.5 Å². The van der Waals surface area contributed by atoms with E-state index in [0.29, 0.717) is 17.2 Å². The third kappa shape index (κ3) is 5.10. The summed E-state index contributed by atoms with van der Waals surface area (Å²) >= 11 is 5.90. The second-order valence-electron chi connectivity index (χ2n) is 4.46. The van der Waals surface area contributed by atoms with Gasteiger partial charge >= 0.3 is 0 Å². The van der Waals surface area contributed by atoms with E-state index >= 15 is 0 Å². The van der Waals surface area contributed by atoms with Gasteiger partial charge in [-0.2, -0.15) is 0 Å². The van der Waals surface area contributed by atoms with Crippen molar-refractivity contribution < 1.29 is 14.4 Å². The SMILES string of the molecule is Cc1cc(Cl)cc(C(=O)NOCCOc2ccccc2)c1. The predicted octanol–water partition coefficient (Wildman–Crippen LogP) is 3.39. The molecule has 0 aliphatic heterocycles. The Kier molecular flexibility index (Phi) is 5.60. The first-order valence-electron chi connectivity index (χ1n) is 6.52. The van der Waals surface area contributed by atoms with Crippen LogP contribution in [0.25, 0.3) is 0 Å². The molecule has 0 fully saturated rings. The number of para-hydroxylation sites is 1. The average molecular weight is 306 g/mol. The van der Waals surface area contributed by atoms with E-state index < -0.39 is 0 Å². The van der Waals surface area contributed by atoms with Crippen molar-refractivity contribution >= 4 is 17.5 Å². The van der Waals surface area contributed by atoms with E-state index in [2.05, 4.69) is 5.48 Å². The van der Waals surface area contributed by atoms with Crippen LogP contribution in [0.1, 0.15) is 15.9 Å². The molecule has 0 bridgehead atoms. The van der Waals surface area contributed by atoms with Gasteiger partial charge in [-0.3, -0.25) is 9.63 Å². The smallest absolute Gasteiger partial charge is 0.274 e. The lowest BCUT2D eigenvalue weighted by molar-refractivity contribution is 0.0200. The van der Waals surface area contributed by atoms with Gasteiger partial charge in [0.05, 0.1) is 0 Å². The summed E-state index contributed by atoms with van der Waals surface area (Å²) in [7, 11) is 0. The lowest BCUT2D eigenvalue weighted by Gasteiger charge is -2.08. The summed E-state index contributed by atoms with van der Waals surface area (Å²) in [6, 6.07) is 14.5. The number of hydrogen-bond acceptors (Lipinski definition) is 3. The number of hydrogen-bond donors (Lipinski definition) is 1. The molecule has 1 amide bonds. The van der Waals surface area contributed by atoms with Crippen molar-refractivity contribution in [1.29, 1.82) is 0 Å². The lowest BCUT2D eigenvalue weighted by atomic mass is 10.1. The molecule has 2 aromatic carbocycles. The molecule has 0 heterocycles. The number of amides is 1. The zero-order valence-corrected chi connectivity index (χ0v) is 12.4. The molecule has 5 heteroatoms. The van der Waals surface area contributed by atoms with Crippen molar-refractivity contribution in [3.63, 3.8) is 0 Å². The topological polar surface area (TPSA) is 47.6 Å². The lowest BCUT2D eigenvalue weighted by Crippen LogP contribution is -2.26. The van der Waals surface area contributed by atoms with Crippen molar-refractivity contribution in [3.05, 3.63) is 64.7 Å². The molecule has 0 atom stereocenters. The molecule has 2 aromatic rings. The van der Waals surface area contributed by atoms with E-state index in [4.69, 9.17) is 21.2 Å². The van der Waals surface area contributed by atoms with Crippen LogP contribution in [-0.4, -0.2) is 19.1 Å². The van der Waals surface area contributed by atoms with Crippen LogP contribution in [0.15, 0.2) is 48.5 Å². The molecule has 0 unspecified atom stereocenters. The average Bonchev–Trinajstić information content (AvgIpc) is 2.47. The van der Waals surface area contributed by atoms with Crippen LogP contribution in [-0.2, 0) is 4.84 Å². The molecular formula is C16H16ClNO3. The van der Waals surface area contributed by atoms with E-state index in [9.17, 15) is 4.79 Å². The van der Waals surface area contributed by atoms with Crippen molar-refractivity contribution in [2.45, 2.75) is 6.92 Å². The molecule has 0 aliphatic rings. The van der Waals surface area contributed by atoms with E-state index in [1.807, 2.05) is 37.3 Å². The molecule has 0 spiro atoms. The highest BCUT2D eigenvalue weighted by atomic mass is 35.5. The van der Waals surface area contributed by atoms with E-state index in [1.165, 1.54) is 0 Å². The van der Waals surface area contributed by atoms with Gasteiger partial charge < -0.3 is 4.74 Å². The number of aryl methyl sites for hydroxylation is 1. The van der Waals surface area contributed by atoms with Gasteiger partial charge in [0.1, 0.15) is 19.0 Å². The fraction of sp³-hybridized carbons (Fsp3) is 0.188. The summed E-state index contributed by atoms with van der Waals surface area (Å²) in [4.78, 5) is 16.9. The minimum absolute atomic E-state index is 0.250. The fourth-order valence-electron chi connectivity index (χ4n) is 1.76. The molecule has 0 aromatic heterocycles. The molecule has 0 aliphatic carbocycles.